The zero-order valence-electron chi connectivity index (χ0n) is 21.1. The molecule has 1 atom stereocenters. The number of hydrogen-bond acceptors (Lipinski definition) is 6. The summed E-state index contributed by atoms with van der Waals surface area (Å²) in [6.45, 7) is 11.2. The molecule has 3 N–H and O–H groups in total. The van der Waals surface area contributed by atoms with Crippen molar-refractivity contribution in [1.82, 2.24) is 10.7 Å². The summed E-state index contributed by atoms with van der Waals surface area (Å²) < 4.78 is 10.9. The predicted octanol–water partition coefficient (Wildman–Crippen LogP) is 3.81. The topological polar surface area (TPSA) is 109 Å². The number of allylic oxidation sites excluding steroid dienone is 1. The fourth-order valence-electron chi connectivity index (χ4n) is 3.58. The van der Waals surface area contributed by atoms with E-state index in [2.05, 4.69) is 22.4 Å². The van der Waals surface area contributed by atoms with Crippen molar-refractivity contribution >= 4 is 18.0 Å². The third kappa shape index (κ3) is 8.17. The molecule has 0 aliphatic carbocycles. The van der Waals surface area contributed by atoms with Crippen LogP contribution in [0.3, 0.4) is 0 Å². The molecule has 0 aliphatic rings. The minimum absolute atomic E-state index is 0.0383. The number of methoxy groups -OCH3 is 1. The molecule has 0 saturated heterocycles. The average Bonchev–Trinajstić information content (AvgIpc) is 2.80. The van der Waals surface area contributed by atoms with Gasteiger partial charge in [-0.2, -0.15) is 5.10 Å². The molecule has 2 aromatic rings. The zero-order valence-corrected chi connectivity index (χ0v) is 21.1. The van der Waals surface area contributed by atoms with E-state index >= 15 is 0 Å². The van der Waals surface area contributed by atoms with Crippen LogP contribution in [0.25, 0.3) is 0 Å². The van der Waals surface area contributed by atoms with E-state index in [-0.39, 0.29) is 18.3 Å². The van der Waals surface area contributed by atoms with Crippen molar-refractivity contribution in [1.29, 1.82) is 0 Å². The van der Waals surface area contributed by atoms with Gasteiger partial charge >= 0.3 is 0 Å². The van der Waals surface area contributed by atoms with Crippen molar-refractivity contribution in [2.75, 3.05) is 13.7 Å². The van der Waals surface area contributed by atoms with Gasteiger partial charge in [0.1, 0.15) is 11.8 Å². The lowest BCUT2D eigenvalue weighted by Crippen LogP contribution is -2.47. The van der Waals surface area contributed by atoms with E-state index in [1.54, 1.807) is 18.2 Å². The van der Waals surface area contributed by atoms with E-state index in [9.17, 15) is 14.7 Å². The quantitative estimate of drug-likeness (QED) is 0.243. The predicted molar refractivity (Wildman–Crippen MR) is 137 cm³/mol. The molecular formula is C27H35N3O5. The normalized spacial score (nSPS) is 11.8. The minimum Gasteiger partial charge on any atom is -0.504 e. The van der Waals surface area contributed by atoms with Gasteiger partial charge < -0.3 is 19.9 Å². The van der Waals surface area contributed by atoms with Crippen molar-refractivity contribution in [3.05, 3.63) is 65.2 Å². The SMILES string of the molecule is C=CCc1cc(/C=N\NC(=O)[C@@H](CC(C)C)NC(=O)COc2c(C)cccc2C)cc(OC)c1O. The maximum Gasteiger partial charge on any atom is 0.262 e. The van der Waals surface area contributed by atoms with Gasteiger partial charge in [-0.1, -0.05) is 38.1 Å². The molecule has 0 spiro atoms. The Morgan fingerprint density at radius 2 is 1.89 bits per heavy atom. The zero-order chi connectivity index (χ0) is 26.0. The lowest BCUT2D eigenvalue weighted by atomic mass is 10.0. The lowest BCUT2D eigenvalue weighted by Gasteiger charge is -2.19. The number of phenolic OH excluding ortho intramolecular Hbond substituents is 1. The number of carbonyl (C=O) groups is 2. The van der Waals surface area contributed by atoms with Crippen LogP contribution in [0.15, 0.2) is 48.1 Å². The van der Waals surface area contributed by atoms with E-state index in [4.69, 9.17) is 9.47 Å². The lowest BCUT2D eigenvalue weighted by molar-refractivity contribution is -0.130. The average molecular weight is 482 g/mol. The van der Waals surface area contributed by atoms with Crippen molar-refractivity contribution < 1.29 is 24.2 Å². The largest absolute Gasteiger partial charge is 0.504 e. The van der Waals surface area contributed by atoms with Gasteiger partial charge in [0.05, 0.1) is 13.3 Å². The summed E-state index contributed by atoms with van der Waals surface area (Å²) in [7, 11) is 1.46. The number of rotatable bonds is 12. The summed E-state index contributed by atoms with van der Waals surface area (Å²) in [5, 5.41) is 17.0. The van der Waals surface area contributed by atoms with Gasteiger partial charge in [-0.3, -0.25) is 9.59 Å². The number of amides is 2. The number of ether oxygens (including phenoxy) is 2. The summed E-state index contributed by atoms with van der Waals surface area (Å²) >= 11 is 0. The van der Waals surface area contributed by atoms with Crippen molar-refractivity contribution in [3.63, 3.8) is 0 Å². The van der Waals surface area contributed by atoms with Crippen LogP contribution in [-0.2, 0) is 16.0 Å². The van der Waals surface area contributed by atoms with Gasteiger partial charge in [0.25, 0.3) is 11.8 Å². The second-order valence-electron chi connectivity index (χ2n) is 8.72. The van der Waals surface area contributed by atoms with Gasteiger partial charge in [-0.25, -0.2) is 5.43 Å². The van der Waals surface area contributed by atoms with Crippen LogP contribution < -0.4 is 20.2 Å². The molecule has 0 aromatic heterocycles. The van der Waals surface area contributed by atoms with Gasteiger partial charge in [0, 0.05) is 5.56 Å². The fraction of sp³-hybridized carbons (Fsp3) is 0.370. The van der Waals surface area contributed by atoms with E-state index < -0.39 is 17.9 Å². The number of hydrazone groups is 1. The smallest absolute Gasteiger partial charge is 0.262 e. The van der Waals surface area contributed by atoms with Gasteiger partial charge in [-0.15, -0.1) is 6.58 Å². The number of hydrogen-bond donors (Lipinski definition) is 3. The number of carbonyl (C=O) groups excluding carboxylic acids is 2. The first kappa shape index (κ1) is 27.4. The van der Waals surface area contributed by atoms with Crippen molar-refractivity contribution in [3.8, 4) is 17.2 Å². The molecule has 35 heavy (non-hydrogen) atoms. The van der Waals surface area contributed by atoms with Crippen LogP contribution in [0.4, 0.5) is 0 Å². The molecule has 0 bridgehead atoms. The van der Waals surface area contributed by atoms with Gasteiger partial charge in [0.15, 0.2) is 18.1 Å². The molecule has 8 nitrogen and oxygen atoms in total. The Hall–Kier alpha value is -3.81. The van der Waals surface area contributed by atoms with E-state index in [0.717, 1.165) is 11.1 Å². The number of nitrogens with one attached hydrogen (secondary N) is 2. The molecule has 2 rings (SSSR count). The summed E-state index contributed by atoms with van der Waals surface area (Å²) in [4.78, 5) is 25.3. The van der Waals surface area contributed by atoms with Crippen LogP contribution >= 0.6 is 0 Å². The highest BCUT2D eigenvalue weighted by Crippen LogP contribution is 2.31. The van der Waals surface area contributed by atoms with Gasteiger partial charge in [-0.05, 0) is 61.4 Å². The molecule has 0 fully saturated rings. The maximum atomic E-state index is 12.8. The number of nitrogens with zero attached hydrogens (tertiary/aromatic N) is 1. The standard InChI is InChI=1S/C27H35N3O5/c1-7-9-21-13-20(14-23(34-6)25(21)32)15-28-30-27(33)22(12-17(2)3)29-24(31)16-35-26-18(4)10-8-11-19(26)5/h7-8,10-11,13-15,17,22,32H,1,9,12,16H2,2-6H3,(H,29,31)(H,30,33)/b28-15-/t22-/m1/s1. The van der Waals surface area contributed by atoms with Crippen LogP contribution in [0, 0.1) is 19.8 Å². The van der Waals surface area contributed by atoms with Crippen LogP contribution in [0.5, 0.6) is 17.2 Å². The Kier molecular flexibility index (Phi) is 10.3. The second kappa shape index (κ2) is 13.2. The first-order chi connectivity index (χ1) is 16.7. The Morgan fingerprint density at radius 1 is 1.20 bits per heavy atom. The summed E-state index contributed by atoms with van der Waals surface area (Å²) in [5.41, 5.74) is 5.61. The molecule has 2 amide bonds. The van der Waals surface area contributed by atoms with E-state index in [1.807, 2.05) is 45.9 Å². The third-order valence-corrected chi connectivity index (χ3v) is 5.26. The number of aryl methyl sites for hydroxylation is 2. The highest BCUT2D eigenvalue weighted by Gasteiger charge is 2.22. The summed E-state index contributed by atoms with van der Waals surface area (Å²) in [6, 6.07) is 8.32. The number of phenols is 1. The fourth-order valence-corrected chi connectivity index (χ4v) is 3.58. The van der Waals surface area contributed by atoms with Crippen molar-refractivity contribution in [2.24, 2.45) is 11.0 Å². The Labute approximate surface area is 207 Å². The molecule has 0 saturated carbocycles. The van der Waals surface area contributed by atoms with E-state index in [0.29, 0.717) is 35.5 Å². The maximum absolute atomic E-state index is 12.8. The Balaban J connectivity index is 2.04. The molecule has 0 unspecified atom stereocenters. The van der Waals surface area contributed by atoms with Crippen LogP contribution in [0.1, 0.15) is 42.5 Å². The molecule has 188 valence electrons. The van der Waals surface area contributed by atoms with Gasteiger partial charge in [0.2, 0.25) is 0 Å². The molecule has 0 aliphatic heterocycles. The number of benzene rings is 2. The third-order valence-electron chi connectivity index (χ3n) is 5.26. The number of aromatic hydroxyl groups is 1. The molecule has 0 heterocycles. The summed E-state index contributed by atoms with van der Waals surface area (Å²) in [5.74, 6) is 0.333. The van der Waals surface area contributed by atoms with E-state index in [1.165, 1.54) is 13.3 Å². The molecular weight excluding hydrogens is 446 g/mol. The minimum atomic E-state index is -0.771. The molecule has 8 heteroatoms. The Morgan fingerprint density at radius 3 is 2.49 bits per heavy atom. The van der Waals surface area contributed by atoms with Crippen molar-refractivity contribution in [2.45, 2.75) is 46.6 Å². The first-order valence-corrected chi connectivity index (χ1v) is 11.5. The molecule has 2 aromatic carbocycles. The van der Waals surface area contributed by atoms with Crippen LogP contribution in [-0.4, -0.2) is 42.9 Å². The monoisotopic (exact) mass is 481 g/mol. The second-order valence-corrected chi connectivity index (χ2v) is 8.72. The summed E-state index contributed by atoms with van der Waals surface area (Å²) in [6.07, 6.45) is 4.00. The highest BCUT2D eigenvalue weighted by atomic mass is 16.5. The highest BCUT2D eigenvalue weighted by molar-refractivity contribution is 5.89. The first-order valence-electron chi connectivity index (χ1n) is 11.5. The number of para-hydroxylation sites is 1. The molecule has 0 radical (unpaired) electrons. The Bertz CT molecular complexity index is 1060. The van der Waals surface area contributed by atoms with Crippen LogP contribution in [0.2, 0.25) is 0 Å².